The number of rotatable bonds is 5. The molecule has 1 fully saturated rings. The standard InChI is InChI=1S/C15H24N2O2/c1-10-8-12(18-4)13(19-5)9-11(10)14(17(2)3)15(16)6-7-15/h8-9,14H,6-7,16H2,1-5H3. The zero-order valence-electron chi connectivity index (χ0n) is 12.5. The average Bonchev–Trinajstić information content (AvgIpc) is 3.09. The summed E-state index contributed by atoms with van der Waals surface area (Å²) in [6, 6.07) is 4.30. The third-order valence-corrected chi connectivity index (χ3v) is 3.96. The Hall–Kier alpha value is -1.26. The number of nitrogens with zero attached hydrogens (tertiary/aromatic N) is 1. The molecule has 4 nitrogen and oxygen atoms in total. The number of ether oxygens (including phenoxy) is 2. The predicted molar refractivity (Wildman–Crippen MR) is 76.9 cm³/mol. The highest BCUT2D eigenvalue weighted by atomic mass is 16.5. The molecule has 0 saturated heterocycles. The first-order chi connectivity index (χ1) is 8.92. The molecule has 1 saturated carbocycles. The van der Waals surface area contributed by atoms with Gasteiger partial charge in [-0.25, -0.2) is 0 Å². The van der Waals surface area contributed by atoms with Gasteiger partial charge in [0.25, 0.3) is 0 Å². The Balaban J connectivity index is 2.48. The molecule has 0 aliphatic heterocycles. The van der Waals surface area contributed by atoms with Gasteiger partial charge in [-0.05, 0) is 57.1 Å². The number of benzene rings is 1. The van der Waals surface area contributed by atoms with Crippen molar-refractivity contribution in [1.29, 1.82) is 0 Å². The van der Waals surface area contributed by atoms with Crippen LogP contribution in [-0.4, -0.2) is 38.8 Å². The third-order valence-electron chi connectivity index (χ3n) is 3.96. The molecule has 0 amide bonds. The van der Waals surface area contributed by atoms with Gasteiger partial charge in [-0.1, -0.05) is 0 Å². The summed E-state index contributed by atoms with van der Waals surface area (Å²) in [7, 11) is 7.48. The molecule has 1 aromatic carbocycles. The van der Waals surface area contributed by atoms with E-state index in [-0.39, 0.29) is 11.6 Å². The first-order valence-corrected chi connectivity index (χ1v) is 6.61. The molecule has 1 aromatic rings. The lowest BCUT2D eigenvalue weighted by Crippen LogP contribution is -2.39. The second-order valence-corrected chi connectivity index (χ2v) is 5.66. The summed E-state index contributed by atoms with van der Waals surface area (Å²) in [5.41, 5.74) is 8.75. The Kier molecular flexibility index (Phi) is 3.74. The van der Waals surface area contributed by atoms with Crippen LogP contribution < -0.4 is 15.2 Å². The Morgan fingerprint density at radius 1 is 1.16 bits per heavy atom. The lowest BCUT2D eigenvalue weighted by Gasteiger charge is -2.32. The van der Waals surface area contributed by atoms with Gasteiger partial charge in [-0.15, -0.1) is 0 Å². The van der Waals surface area contributed by atoms with Gasteiger partial charge in [0, 0.05) is 5.54 Å². The summed E-state index contributed by atoms with van der Waals surface area (Å²) < 4.78 is 10.8. The molecule has 19 heavy (non-hydrogen) atoms. The second-order valence-electron chi connectivity index (χ2n) is 5.66. The molecule has 4 heteroatoms. The van der Waals surface area contributed by atoms with E-state index in [0.29, 0.717) is 0 Å². The van der Waals surface area contributed by atoms with E-state index >= 15 is 0 Å². The zero-order chi connectivity index (χ0) is 14.2. The van der Waals surface area contributed by atoms with Crippen molar-refractivity contribution >= 4 is 0 Å². The van der Waals surface area contributed by atoms with Crippen molar-refractivity contribution in [2.24, 2.45) is 5.73 Å². The smallest absolute Gasteiger partial charge is 0.161 e. The maximum atomic E-state index is 6.44. The highest BCUT2D eigenvalue weighted by Gasteiger charge is 2.48. The number of aryl methyl sites for hydroxylation is 1. The van der Waals surface area contributed by atoms with Crippen LogP contribution in [0.1, 0.15) is 30.0 Å². The molecule has 0 aromatic heterocycles. The third kappa shape index (κ3) is 2.55. The number of nitrogens with two attached hydrogens (primary N) is 1. The van der Waals surface area contributed by atoms with Gasteiger partial charge in [-0.2, -0.15) is 0 Å². The molecule has 2 rings (SSSR count). The largest absolute Gasteiger partial charge is 0.493 e. The lowest BCUT2D eigenvalue weighted by molar-refractivity contribution is 0.243. The fraction of sp³-hybridized carbons (Fsp3) is 0.600. The van der Waals surface area contributed by atoms with Crippen molar-refractivity contribution in [3.8, 4) is 11.5 Å². The molecular formula is C15H24N2O2. The minimum atomic E-state index is -0.103. The van der Waals surface area contributed by atoms with Crippen LogP contribution in [0.4, 0.5) is 0 Å². The van der Waals surface area contributed by atoms with Crippen LogP contribution in [-0.2, 0) is 0 Å². The summed E-state index contributed by atoms with van der Waals surface area (Å²) >= 11 is 0. The highest BCUT2D eigenvalue weighted by molar-refractivity contribution is 5.49. The normalized spacial score (nSPS) is 18.3. The minimum absolute atomic E-state index is 0.103. The van der Waals surface area contributed by atoms with Crippen LogP contribution in [0.5, 0.6) is 11.5 Å². The lowest BCUT2D eigenvalue weighted by atomic mass is 9.92. The van der Waals surface area contributed by atoms with Crippen LogP contribution in [0, 0.1) is 6.92 Å². The van der Waals surface area contributed by atoms with E-state index in [9.17, 15) is 0 Å². The van der Waals surface area contributed by atoms with E-state index in [0.717, 1.165) is 24.3 Å². The van der Waals surface area contributed by atoms with Crippen molar-refractivity contribution in [3.63, 3.8) is 0 Å². The van der Waals surface area contributed by atoms with Crippen molar-refractivity contribution in [1.82, 2.24) is 4.90 Å². The second kappa shape index (κ2) is 5.02. The van der Waals surface area contributed by atoms with Crippen LogP contribution >= 0.6 is 0 Å². The van der Waals surface area contributed by atoms with Gasteiger partial charge in [0.1, 0.15) is 0 Å². The van der Waals surface area contributed by atoms with Gasteiger partial charge in [0.15, 0.2) is 11.5 Å². The summed E-state index contributed by atoms with van der Waals surface area (Å²) in [4.78, 5) is 2.20. The SMILES string of the molecule is COc1cc(C)c(C(N(C)C)C2(N)CC2)cc1OC. The predicted octanol–water partition coefficient (Wildman–Crippen LogP) is 2.11. The molecule has 2 N–H and O–H groups in total. The molecular weight excluding hydrogens is 240 g/mol. The molecule has 106 valence electrons. The summed E-state index contributed by atoms with van der Waals surface area (Å²) in [6.07, 6.45) is 2.15. The number of likely N-dealkylation sites (N-methyl/N-ethyl adjacent to an activating group) is 1. The monoisotopic (exact) mass is 264 g/mol. The van der Waals surface area contributed by atoms with Crippen LogP contribution in [0.2, 0.25) is 0 Å². The van der Waals surface area contributed by atoms with E-state index in [1.165, 1.54) is 11.1 Å². The molecule has 0 bridgehead atoms. The average molecular weight is 264 g/mol. The molecule has 0 heterocycles. The Morgan fingerprint density at radius 3 is 2.11 bits per heavy atom. The first kappa shape index (κ1) is 14.2. The van der Waals surface area contributed by atoms with Crippen molar-refractivity contribution in [2.75, 3.05) is 28.3 Å². The van der Waals surface area contributed by atoms with Gasteiger partial charge in [-0.3, -0.25) is 0 Å². The number of hydrogen-bond donors (Lipinski definition) is 1. The first-order valence-electron chi connectivity index (χ1n) is 6.61. The molecule has 0 radical (unpaired) electrons. The molecule has 1 unspecified atom stereocenters. The van der Waals surface area contributed by atoms with E-state index in [1.54, 1.807) is 14.2 Å². The quantitative estimate of drug-likeness (QED) is 0.885. The van der Waals surface area contributed by atoms with Crippen molar-refractivity contribution in [2.45, 2.75) is 31.3 Å². The topological polar surface area (TPSA) is 47.7 Å². The van der Waals surface area contributed by atoms with Gasteiger partial charge in [0.05, 0.1) is 20.3 Å². The highest BCUT2D eigenvalue weighted by Crippen LogP contribution is 2.48. The van der Waals surface area contributed by atoms with Gasteiger partial charge in [0.2, 0.25) is 0 Å². The molecule has 1 aliphatic rings. The van der Waals surface area contributed by atoms with Crippen molar-refractivity contribution in [3.05, 3.63) is 23.3 Å². The minimum Gasteiger partial charge on any atom is -0.493 e. The Morgan fingerprint density at radius 2 is 1.68 bits per heavy atom. The Bertz CT molecular complexity index is 467. The summed E-state index contributed by atoms with van der Waals surface area (Å²) in [6.45, 7) is 2.10. The van der Waals surface area contributed by atoms with Crippen molar-refractivity contribution < 1.29 is 9.47 Å². The molecule has 1 aliphatic carbocycles. The Labute approximate surface area is 115 Å². The van der Waals surface area contributed by atoms with Gasteiger partial charge < -0.3 is 20.1 Å². The molecule has 1 atom stereocenters. The summed E-state index contributed by atoms with van der Waals surface area (Å²) in [5, 5.41) is 0. The fourth-order valence-electron chi connectivity index (χ4n) is 2.81. The van der Waals surface area contributed by atoms with E-state index in [2.05, 4.69) is 32.0 Å². The van der Waals surface area contributed by atoms with Crippen LogP contribution in [0.25, 0.3) is 0 Å². The maximum absolute atomic E-state index is 6.44. The number of hydrogen-bond acceptors (Lipinski definition) is 4. The number of methoxy groups -OCH3 is 2. The van der Waals surface area contributed by atoms with Crippen LogP contribution in [0.15, 0.2) is 12.1 Å². The summed E-state index contributed by atoms with van der Waals surface area (Å²) in [5.74, 6) is 1.53. The van der Waals surface area contributed by atoms with Gasteiger partial charge >= 0.3 is 0 Å². The fourth-order valence-corrected chi connectivity index (χ4v) is 2.81. The van der Waals surface area contributed by atoms with E-state index in [4.69, 9.17) is 15.2 Å². The van der Waals surface area contributed by atoms with E-state index in [1.807, 2.05) is 6.07 Å². The van der Waals surface area contributed by atoms with Crippen LogP contribution in [0.3, 0.4) is 0 Å². The zero-order valence-corrected chi connectivity index (χ0v) is 12.5. The molecule has 0 spiro atoms. The maximum Gasteiger partial charge on any atom is 0.161 e. The van der Waals surface area contributed by atoms with E-state index < -0.39 is 0 Å².